The van der Waals surface area contributed by atoms with Gasteiger partial charge in [-0.1, -0.05) is 18.2 Å². The van der Waals surface area contributed by atoms with Crippen LogP contribution in [0.15, 0.2) is 58.1 Å². The maximum Gasteiger partial charge on any atom is 0.240 e. The molecule has 0 saturated heterocycles. The summed E-state index contributed by atoms with van der Waals surface area (Å²) in [5, 5.41) is 6.63. The molecule has 136 valence electrons. The molecule has 0 aliphatic rings. The molecule has 6 nitrogen and oxygen atoms in total. The van der Waals surface area contributed by atoms with E-state index in [1.807, 2.05) is 43.3 Å². The topological polar surface area (TPSA) is 79.8 Å². The fourth-order valence-electron chi connectivity index (χ4n) is 2.08. The van der Waals surface area contributed by atoms with Crippen molar-refractivity contribution in [1.82, 2.24) is 5.43 Å². The van der Waals surface area contributed by atoms with Gasteiger partial charge < -0.3 is 10.1 Å². The molecule has 7 heteroatoms. The van der Waals surface area contributed by atoms with Gasteiger partial charge in [-0.15, -0.1) is 0 Å². The van der Waals surface area contributed by atoms with Crippen molar-refractivity contribution in [2.24, 2.45) is 5.10 Å². The monoisotopic (exact) mass is 417 g/mol. The molecule has 2 N–H and O–H groups in total. The van der Waals surface area contributed by atoms with E-state index in [-0.39, 0.29) is 24.7 Å². The first-order chi connectivity index (χ1) is 12.6. The van der Waals surface area contributed by atoms with Crippen LogP contribution in [0.3, 0.4) is 0 Å². The highest BCUT2D eigenvalue weighted by atomic mass is 79.9. The van der Waals surface area contributed by atoms with Crippen molar-refractivity contribution >= 4 is 39.6 Å². The van der Waals surface area contributed by atoms with E-state index in [1.165, 1.54) is 6.21 Å². The molecule has 0 aromatic heterocycles. The molecule has 0 radical (unpaired) electrons. The summed E-state index contributed by atoms with van der Waals surface area (Å²) in [6.45, 7) is 2.50. The van der Waals surface area contributed by atoms with Gasteiger partial charge in [0.15, 0.2) is 0 Å². The molecule has 0 spiro atoms. The maximum absolute atomic E-state index is 11.8. The number of hydrogen-bond donors (Lipinski definition) is 2. The Balaban J connectivity index is 1.75. The summed E-state index contributed by atoms with van der Waals surface area (Å²) in [7, 11) is 0. The highest BCUT2D eigenvalue weighted by Gasteiger charge is 2.06. The van der Waals surface area contributed by atoms with Crippen LogP contribution >= 0.6 is 15.9 Å². The van der Waals surface area contributed by atoms with Gasteiger partial charge in [0.25, 0.3) is 0 Å². The standard InChI is InChI=1S/C19H20BrN3O3/c1-2-26-17-9-8-14(12-16(17)20)13-21-23-19(25)11-10-18(24)22-15-6-4-3-5-7-15/h3-9,12-13H,2,10-11H2,1H3,(H,22,24)(H,23,25). The molecule has 0 heterocycles. The number of benzene rings is 2. The van der Waals surface area contributed by atoms with Gasteiger partial charge in [0.05, 0.1) is 17.3 Å². The van der Waals surface area contributed by atoms with Gasteiger partial charge in [-0.25, -0.2) is 5.43 Å². The average molecular weight is 418 g/mol. The van der Waals surface area contributed by atoms with E-state index in [4.69, 9.17) is 4.74 Å². The van der Waals surface area contributed by atoms with E-state index in [2.05, 4.69) is 31.8 Å². The number of rotatable bonds is 8. The van der Waals surface area contributed by atoms with Crippen LogP contribution in [0.1, 0.15) is 25.3 Å². The number of halogens is 1. The number of nitrogens with one attached hydrogen (secondary N) is 2. The summed E-state index contributed by atoms with van der Waals surface area (Å²) in [4.78, 5) is 23.6. The zero-order valence-corrected chi connectivity index (χ0v) is 16.0. The quantitative estimate of drug-likeness (QED) is 0.507. The van der Waals surface area contributed by atoms with Gasteiger partial charge in [-0.2, -0.15) is 5.10 Å². The molecule has 2 aromatic rings. The molecule has 0 atom stereocenters. The lowest BCUT2D eigenvalue weighted by Crippen LogP contribution is -2.20. The van der Waals surface area contributed by atoms with Gasteiger partial charge in [-0.05, 0) is 58.7 Å². The SMILES string of the molecule is CCOc1ccc(C=NNC(=O)CCC(=O)Nc2ccccc2)cc1Br. The van der Waals surface area contributed by atoms with Gasteiger partial charge in [0.2, 0.25) is 11.8 Å². The number of para-hydroxylation sites is 1. The lowest BCUT2D eigenvalue weighted by Gasteiger charge is -2.06. The van der Waals surface area contributed by atoms with Crippen LogP contribution in [0.5, 0.6) is 5.75 Å². The van der Waals surface area contributed by atoms with Gasteiger partial charge in [0.1, 0.15) is 5.75 Å². The highest BCUT2D eigenvalue weighted by molar-refractivity contribution is 9.10. The van der Waals surface area contributed by atoms with E-state index in [1.54, 1.807) is 12.1 Å². The van der Waals surface area contributed by atoms with Crippen molar-refractivity contribution in [2.75, 3.05) is 11.9 Å². The number of carbonyl (C=O) groups excluding carboxylic acids is 2. The van der Waals surface area contributed by atoms with E-state index in [0.717, 1.165) is 15.8 Å². The number of carbonyl (C=O) groups is 2. The van der Waals surface area contributed by atoms with Crippen molar-refractivity contribution < 1.29 is 14.3 Å². The Kier molecular flexibility index (Phi) is 7.82. The van der Waals surface area contributed by atoms with Crippen LogP contribution in [-0.4, -0.2) is 24.6 Å². The normalized spacial score (nSPS) is 10.5. The van der Waals surface area contributed by atoms with E-state index in [9.17, 15) is 9.59 Å². The fourth-order valence-corrected chi connectivity index (χ4v) is 2.59. The molecule has 0 unspecified atom stereocenters. The first-order valence-corrected chi connectivity index (χ1v) is 8.97. The molecule has 26 heavy (non-hydrogen) atoms. The van der Waals surface area contributed by atoms with Crippen LogP contribution < -0.4 is 15.5 Å². The Labute approximate surface area is 160 Å². The summed E-state index contributed by atoms with van der Waals surface area (Å²) in [6, 6.07) is 14.6. The Morgan fingerprint density at radius 1 is 1.12 bits per heavy atom. The first-order valence-electron chi connectivity index (χ1n) is 8.17. The third-order valence-electron chi connectivity index (χ3n) is 3.30. The van der Waals surface area contributed by atoms with Crippen molar-refractivity contribution in [3.8, 4) is 5.75 Å². The number of hydrazone groups is 1. The van der Waals surface area contributed by atoms with Crippen molar-refractivity contribution in [3.05, 3.63) is 58.6 Å². The minimum Gasteiger partial charge on any atom is -0.493 e. The number of hydrogen-bond acceptors (Lipinski definition) is 4. The van der Waals surface area contributed by atoms with Crippen LogP contribution in [0.2, 0.25) is 0 Å². The smallest absolute Gasteiger partial charge is 0.240 e. The molecular formula is C19H20BrN3O3. The second-order valence-electron chi connectivity index (χ2n) is 5.33. The molecule has 0 aliphatic carbocycles. The Bertz CT molecular complexity index is 779. The van der Waals surface area contributed by atoms with E-state index < -0.39 is 0 Å². The minimum absolute atomic E-state index is 0.0585. The predicted molar refractivity (Wildman–Crippen MR) is 105 cm³/mol. The van der Waals surface area contributed by atoms with Gasteiger partial charge >= 0.3 is 0 Å². The molecule has 2 aromatic carbocycles. The van der Waals surface area contributed by atoms with Crippen LogP contribution in [0.25, 0.3) is 0 Å². The lowest BCUT2D eigenvalue weighted by atomic mass is 10.2. The van der Waals surface area contributed by atoms with Crippen molar-refractivity contribution in [2.45, 2.75) is 19.8 Å². The summed E-state index contributed by atoms with van der Waals surface area (Å²) >= 11 is 3.42. The lowest BCUT2D eigenvalue weighted by molar-refractivity contribution is -0.124. The highest BCUT2D eigenvalue weighted by Crippen LogP contribution is 2.25. The van der Waals surface area contributed by atoms with E-state index in [0.29, 0.717) is 12.3 Å². The third kappa shape index (κ3) is 6.68. The van der Waals surface area contributed by atoms with Gasteiger partial charge in [-0.3, -0.25) is 9.59 Å². The average Bonchev–Trinajstić information content (AvgIpc) is 2.63. The largest absolute Gasteiger partial charge is 0.493 e. The van der Waals surface area contributed by atoms with Crippen molar-refractivity contribution in [3.63, 3.8) is 0 Å². The number of amides is 2. The molecule has 0 fully saturated rings. The number of anilines is 1. The zero-order chi connectivity index (χ0) is 18.8. The molecule has 0 saturated carbocycles. The first kappa shape index (κ1) is 19.7. The Morgan fingerprint density at radius 3 is 2.54 bits per heavy atom. The number of nitrogens with zero attached hydrogens (tertiary/aromatic N) is 1. The number of ether oxygens (including phenoxy) is 1. The second kappa shape index (κ2) is 10.4. The predicted octanol–water partition coefficient (Wildman–Crippen LogP) is 3.72. The van der Waals surface area contributed by atoms with Crippen LogP contribution in [-0.2, 0) is 9.59 Å². The zero-order valence-electron chi connectivity index (χ0n) is 14.4. The second-order valence-corrected chi connectivity index (χ2v) is 6.18. The van der Waals surface area contributed by atoms with Gasteiger partial charge in [0, 0.05) is 18.5 Å². The molecule has 0 aliphatic heterocycles. The summed E-state index contributed by atoms with van der Waals surface area (Å²) in [6.07, 6.45) is 1.68. The maximum atomic E-state index is 11.8. The fraction of sp³-hybridized carbons (Fsp3) is 0.211. The summed E-state index contributed by atoms with van der Waals surface area (Å²) < 4.78 is 6.24. The molecule has 2 rings (SSSR count). The van der Waals surface area contributed by atoms with Crippen LogP contribution in [0, 0.1) is 0 Å². The molecular weight excluding hydrogens is 398 g/mol. The van der Waals surface area contributed by atoms with Crippen molar-refractivity contribution in [1.29, 1.82) is 0 Å². The molecule has 0 bridgehead atoms. The summed E-state index contributed by atoms with van der Waals surface area (Å²) in [5.74, 6) is 0.207. The minimum atomic E-state index is -0.325. The summed E-state index contributed by atoms with van der Waals surface area (Å²) in [5.41, 5.74) is 3.93. The van der Waals surface area contributed by atoms with Crippen LogP contribution in [0.4, 0.5) is 5.69 Å². The molecule has 2 amide bonds. The third-order valence-corrected chi connectivity index (χ3v) is 3.92. The Hall–Kier alpha value is -2.67. The van der Waals surface area contributed by atoms with E-state index >= 15 is 0 Å². The Morgan fingerprint density at radius 2 is 1.85 bits per heavy atom.